The molecule has 0 atom stereocenters. The fourth-order valence-corrected chi connectivity index (χ4v) is 3.80. The summed E-state index contributed by atoms with van der Waals surface area (Å²) in [5.74, 6) is -0.958. The first-order valence-electron chi connectivity index (χ1n) is 7.99. The molecule has 144 valence electrons. The van der Waals surface area contributed by atoms with E-state index >= 15 is 0 Å². The summed E-state index contributed by atoms with van der Waals surface area (Å²) >= 11 is 13.5. The minimum atomic E-state index is -0.471. The van der Waals surface area contributed by atoms with E-state index in [2.05, 4.69) is 10.3 Å². The maximum atomic E-state index is 13.7. The number of amides is 2. The molecular formula is C19H13Cl2FN2O3S. The molecule has 1 aliphatic rings. The second kappa shape index (κ2) is 8.77. The van der Waals surface area contributed by atoms with Crippen LogP contribution in [0, 0.1) is 5.82 Å². The number of rotatable bonds is 4. The van der Waals surface area contributed by atoms with Crippen LogP contribution in [0.15, 0.2) is 46.3 Å². The van der Waals surface area contributed by atoms with Crippen LogP contribution in [0.5, 0.6) is 5.75 Å². The van der Waals surface area contributed by atoms with Crippen LogP contribution in [0.25, 0.3) is 6.08 Å². The minimum Gasteiger partial charge on any atom is -0.486 e. The van der Waals surface area contributed by atoms with E-state index in [4.69, 9.17) is 27.9 Å². The minimum absolute atomic E-state index is 0.0329. The number of amidine groups is 1. The Morgan fingerprint density at radius 1 is 1.29 bits per heavy atom. The van der Waals surface area contributed by atoms with Crippen molar-refractivity contribution in [1.29, 1.82) is 0 Å². The Balaban J connectivity index is 1.76. The number of halogens is 3. The largest absolute Gasteiger partial charge is 0.486 e. The van der Waals surface area contributed by atoms with Gasteiger partial charge in [-0.1, -0.05) is 41.4 Å². The number of thioether (sulfide) groups is 1. The summed E-state index contributed by atoms with van der Waals surface area (Å²) < 4.78 is 19.3. The third kappa shape index (κ3) is 4.92. The van der Waals surface area contributed by atoms with E-state index in [1.54, 1.807) is 36.4 Å². The molecule has 9 heteroatoms. The van der Waals surface area contributed by atoms with Crippen molar-refractivity contribution in [2.24, 2.45) is 4.99 Å². The zero-order chi connectivity index (χ0) is 20.3. The van der Waals surface area contributed by atoms with Crippen LogP contribution in [0.4, 0.5) is 4.39 Å². The molecule has 2 aromatic rings. The van der Waals surface area contributed by atoms with Crippen molar-refractivity contribution in [3.63, 3.8) is 0 Å². The molecule has 0 aromatic heterocycles. The second-order valence-electron chi connectivity index (χ2n) is 5.71. The smallest absolute Gasteiger partial charge is 0.286 e. The third-order valence-electron chi connectivity index (χ3n) is 3.55. The van der Waals surface area contributed by atoms with Crippen LogP contribution < -0.4 is 10.1 Å². The number of hydrogen-bond donors (Lipinski definition) is 1. The lowest BCUT2D eigenvalue weighted by molar-refractivity contribution is -0.117. The molecule has 0 saturated heterocycles. The standard InChI is InChI=1S/C19H13Cl2FN2O3S/c1-10(25)23-19-24-18(26)16(28-19)8-11-6-13(20)17(14(21)7-11)27-9-12-4-2-3-5-15(12)22/h2-8H,9H2,1H3,(H,23,24,25,26). The van der Waals surface area contributed by atoms with E-state index in [0.29, 0.717) is 16.0 Å². The Hall–Kier alpha value is -2.35. The number of nitrogens with one attached hydrogen (secondary N) is 1. The molecule has 0 unspecified atom stereocenters. The molecule has 28 heavy (non-hydrogen) atoms. The zero-order valence-electron chi connectivity index (χ0n) is 14.5. The predicted octanol–water partition coefficient (Wildman–Crippen LogP) is 4.82. The quantitative estimate of drug-likeness (QED) is 0.694. The molecule has 1 N–H and O–H groups in total. The average Bonchev–Trinajstić information content (AvgIpc) is 2.94. The number of carbonyl (C=O) groups is 2. The first-order chi connectivity index (χ1) is 13.3. The molecule has 2 amide bonds. The van der Waals surface area contributed by atoms with E-state index < -0.39 is 5.91 Å². The zero-order valence-corrected chi connectivity index (χ0v) is 16.8. The number of ether oxygens (including phenoxy) is 1. The highest BCUT2D eigenvalue weighted by atomic mass is 35.5. The highest BCUT2D eigenvalue weighted by Crippen LogP contribution is 2.36. The van der Waals surface area contributed by atoms with E-state index in [9.17, 15) is 14.0 Å². The molecule has 0 aliphatic carbocycles. The summed E-state index contributed by atoms with van der Waals surface area (Å²) in [6.07, 6.45) is 1.56. The number of hydrogen-bond acceptors (Lipinski definition) is 4. The predicted molar refractivity (Wildman–Crippen MR) is 109 cm³/mol. The summed E-state index contributed by atoms with van der Waals surface area (Å²) in [6, 6.07) is 9.37. The molecule has 0 fully saturated rings. The van der Waals surface area contributed by atoms with Crippen molar-refractivity contribution in [2.75, 3.05) is 0 Å². The van der Waals surface area contributed by atoms with Gasteiger partial charge in [-0.05, 0) is 41.6 Å². The van der Waals surface area contributed by atoms with E-state index in [1.807, 2.05) is 0 Å². The number of aliphatic imine (C=N–C) groups is 1. The summed E-state index contributed by atoms with van der Waals surface area (Å²) in [4.78, 5) is 27.1. The highest BCUT2D eigenvalue weighted by molar-refractivity contribution is 8.18. The van der Waals surface area contributed by atoms with Gasteiger partial charge in [-0.25, -0.2) is 4.39 Å². The molecule has 3 rings (SSSR count). The van der Waals surface area contributed by atoms with Gasteiger partial charge in [0.05, 0.1) is 15.0 Å². The highest BCUT2D eigenvalue weighted by Gasteiger charge is 2.23. The van der Waals surface area contributed by atoms with Gasteiger partial charge in [-0.15, -0.1) is 0 Å². The maximum absolute atomic E-state index is 13.7. The molecule has 0 spiro atoms. The summed E-state index contributed by atoms with van der Waals surface area (Å²) in [5.41, 5.74) is 0.930. The molecule has 5 nitrogen and oxygen atoms in total. The maximum Gasteiger partial charge on any atom is 0.286 e. The van der Waals surface area contributed by atoms with E-state index in [-0.39, 0.29) is 39.3 Å². The number of benzene rings is 2. The Kier molecular flexibility index (Phi) is 6.39. The fraction of sp³-hybridized carbons (Fsp3) is 0.105. The second-order valence-corrected chi connectivity index (χ2v) is 7.55. The first kappa shape index (κ1) is 20.4. The Morgan fingerprint density at radius 3 is 2.61 bits per heavy atom. The van der Waals surface area contributed by atoms with Crippen molar-refractivity contribution < 1.29 is 18.7 Å². The SMILES string of the molecule is CC(=O)NC1=NC(=O)C(=Cc2cc(Cl)c(OCc3ccccc3F)c(Cl)c2)S1. The van der Waals surface area contributed by atoms with Gasteiger partial charge >= 0.3 is 0 Å². The van der Waals surface area contributed by atoms with Crippen LogP contribution >= 0.6 is 35.0 Å². The molecule has 1 heterocycles. The summed E-state index contributed by atoms with van der Waals surface area (Å²) in [6.45, 7) is 1.30. The van der Waals surface area contributed by atoms with Crippen molar-refractivity contribution in [3.05, 3.63) is 68.3 Å². The van der Waals surface area contributed by atoms with Gasteiger partial charge in [-0.3, -0.25) is 9.59 Å². The molecular weight excluding hydrogens is 426 g/mol. The van der Waals surface area contributed by atoms with Crippen molar-refractivity contribution in [3.8, 4) is 5.75 Å². The van der Waals surface area contributed by atoms with E-state index in [1.165, 1.54) is 13.0 Å². The molecule has 2 aromatic carbocycles. The lowest BCUT2D eigenvalue weighted by Gasteiger charge is -2.11. The molecule has 0 bridgehead atoms. The van der Waals surface area contributed by atoms with Crippen molar-refractivity contribution in [2.45, 2.75) is 13.5 Å². The Morgan fingerprint density at radius 2 is 1.96 bits per heavy atom. The van der Waals surface area contributed by atoms with Gasteiger partial charge in [0.15, 0.2) is 10.9 Å². The van der Waals surface area contributed by atoms with Gasteiger partial charge in [0, 0.05) is 12.5 Å². The van der Waals surface area contributed by atoms with Crippen LogP contribution in [0.3, 0.4) is 0 Å². The van der Waals surface area contributed by atoms with Crippen molar-refractivity contribution in [1.82, 2.24) is 5.32 Å². The monoisotopic (exact) mass is 438 g/mol. The topological polar surface area (TPSA) is 67.8 Å². The normalized spacial score (nSPS) is 14.9. The van der Waals surface area contributed by atoms with Gasteiger partial charge in [0.2, 0.25) is 5.91 Å². The van der Waals surface area contributed by atoms with Gasteiger partial charge in [-0.2, -0.15) is 4.99 Å². The average molecular weight is 439 g/mol. The molecule has 0 saturated carbocycles. The third-order valence-corrected chi connectivity index (χ3v) is 5.01. The summed E-state index contributed by atoms with van der Waals surface area (Å²) in [5, 5.41) is 3.11. The molecule has 1 aliphatic heterocycles. The van der Waals surface area contributed by atoms with Crippen LogP contribution in [0.1, 0.15) is 18.1 Å². The number of carbonyl (C=O) groups excluding carboxylic acids is 2. The van der Waals surface area contributed by atoms with Crippen LogP contribution in [0.2, 0.25) is 10.0 Å². The van der Waals surface area contributed by atoms with Crippen molar-refractivity contribution >= 4 is 58.0 Å². The van der Waals surface area contributed by atoms with Gasteiger partial charge in [0.25, 0.3) is 5.91 Å². The first-order valence-corrected chi connectivity index (χ1v) is 9.56. The van der Waals surface area contributed by atoms with E-state index in [0.717, 1.165) is 11.8 Å². The molecule has 0 radical (unpaired) electrons. The Labute approximate surface area is 174 Å². The fourth-order valence-electron chi connectivity index (χ4n) is 2.33. The van der Waals surface area contributed by atoms with Gasteiger partial charge < -0.3 is 10.1 Å². The lowest BCUT2D eigenvalue weighted by Crippen LogP contribution is -2.23. The summed E-state index contributed by atoms with van der Waals surface area (Å²) in [7, 11) is 0. The number of nitrogens with zero attached hydrogens (tertiary/aromatic N) is 1. The van der Waals surface area contributed by atoms with Gasteiger partial charge in [0.1, 0.15) is 12.4 Å². The lowest BCUT2D eigenvalue weighted by atomic mass is 10.2. The van der Waals surface area contributed by atoms with Crippen LogP contribution in [-0.4, -0.2) is 17.0 Å². The van der Waals surface area contributed by atoms with Crippen LogP contribution in [-0.2, 0) is 16.2 Å². The Bertz CT molecular complexity index is 1000.